The molecule has 2 N–H and O–H groups in total. The van der Waals surface area contributed by atoms with Gasteiger partial charge >= 0.3 is 0 Å². The van der Waals surface area contributed by atoms with Crippen LogP contribution < -0.4 is 10.6 Å². The monoisotopic (exact) mass is 263 g/mol. The summed E-state index contributed by atoms with van der Waals surface area (Å²) < 4.78 is 1.13. The van der Waals surface area contributed by atoms with Gasteiger partial charge in [-0.1, -0.05) is 30.4 Å². The molecule has 0 aliphatic carbocycles. The number of aromatic nitrogens is 1. The van der Waals surface area contributed by atoms with Gasteiger partial charge in [-0.2, -0.15) is 0 Å². The van der Waals surface area contributed by atoms with Crippen molar-refractivity contribution in [2.45, 2.75) is 26.3 Å². The topological polar surface area (TPSA) is 54.0 Å². The molecule has 0 radical (unpaired) electrons. The zero-order chi connectivity index (χ0) is 13.0. The Labute approximate surface area is 110 Å². The lowest BCUT2D eigenvalue weighted by molar-refractivity contribution is -0.121. The van der Waals surface area contributed by atoms with Gasteiger partial charge in [-0.05, 0) is 25.5 Å². The van der Waals surface area contributed by atoms with Crippen LogP contribution in [-0.2, 0) is 4.79 Å². The Morgan fingerprint density at radius 1 is 1.44 bits per heavy atom. The van der Waals surface area contributed by atoms with E-state index in [4.69, 9.17) is 0 Å². The SMILES string of the molecule is CCCNC(=O)C(C)Nc1nc2ccccc2s1. The predicted octanol–water partition coefficient (Wildman–Crippen LogP) is 2.62. The van der Waals surface area contributed by atoms with Crippen LogP contribution in [0.25, 0.3) is 10.2 Å². The van der Waals surface area contributed by atoms with Crippen molar-refractivity contribution in [3.63, 3.8) is 0 Å². The average Bonchev–Trinajstić information content (AvgIpc) is 2.77. The molecule has 0 saturated heterocycles. The van der Waals surface area contributed by atoms with Crippen LogP contribution in [0.3, 0.4) is 0 Å². The summed E-state index contributed by atoms with van der Waals surface area (Å²) in [6.45, 7) is 4.59. The largest absolute Gasteiger partial charge is 0.354 e. The molecule has 1 aromatic carbocycles. The summed E-state index contributed by atoms with van der Waals surface area (Å²) in [5, 5.41) is 6.78. The minimum atomic E-state index is -0.267. The fraction of sp³-hybridized carbons (Fsp3) is 0.385. The predicted molar refractivity (Wildman–Crippen MR) is 76.0 cm³/mol. The molecule has 5 heteroatoms. The summed E-state index contributed by atoms with van der Waals surface area (Å²) in [5.41, 5.74) is 0.964. The summed E-state index contributed by atoms with van der Waals surface area (Å²) in [7, 11) is 0. The summed E-state index contributed by atoms with van der Waals surface area (Å²) >= 11 is 1.56. The fourth-order valence-corrected chi connectivity index (χ4v) is 2.54. The molecule has 1 aromatic heterocycles. The van der Waals surface area contributed by atoms with Crippen LogP contribution in [0.4, 0.5) is 5.13 Å². The lowest BCUT2D eigenvalue weighted by Gasteiger charge is -2.12. The van der Waals surface area contributed by atoms with E-state index in [-0.39, 0.29) is 11.9 Å². The molecule has 96 valence electrons. The highest BCUT2D eigenvalue weighted by Gasteiger charge is 2.13. The molecule has 1 unspecified atom stereocenters. The Balaban J connectivity index is 2.02. The Morgan fingerprint density at radius 3 is 2.94 bits per heavy atom. The second-order valence-electron chi connectivity index (χ2n) is 4.14. The first-order valence-corrected chi connectivity index (χ1v) is 6.92. The van der Waals surface area contributed by atoms with E-state index in [1.54, 1.807) is 11.3 Å². The Kier molecular flexibility index (Phi) is 4.15. The maximum atomic E-state index is 11.7. The minimum absolute atomic E-state index is 0.0103. The maximum Gasteiger partial charge on any atom is 0.242 e. The molecule has 0 fully saturated rings. The van der Waals surface area contributed by atoms with Crippen LogP contribution in [-0.4, -0.2) is 23.5 Å². The van der Waals surface area contributed by atoms with E-state index in [0.29, 0.717) is 6.54 Å². The molecule has 18 heavy (non-hydrogen) atoms. The summed E-state index contributed by atoms with van der Waals surface area (Å²) in [6, 6.07) is 7.68. The standard InChI is InChI=1S/C13H17N3OS/c1-3-8-14-12(17)9(2)15-13-16-10-6-4-5-7-11(10)18-13/h4-7,9H,3,8H2,1-2H3,(H,14,17)(H,15,16). The highest BCUT2D eigenvalue weighted by molar-refractivity contribution is 7.22. The van der Waals surface area contributed by atoms with E-state index in [2.05, 4.69) is 15.6 Å². The van der Waals surface area contributed by atoms with Crippen molar-refractivity contribution in [2.75, 3.05) is 11.9 Å². The number of para-hydroxylation sites is 1. The molecule has 2 aromatic rings. The molecule has 0 aliphatic heterocycles. The van der Waals surface area contributed by atoms with E-state index >= 15 is 0 Å². The van der Waals surface area contributed by atoms with Crippen molar-refractivity contribution in [1.29, 1.82) is 0 Å². The lowest BCUT2D eigenvalue weighted by atomic mass is 10.3. The van der Waals surface area contributed by atoms with E-state index < -0.39 is 0 Å². The second-order valence-corrected chi connectivity index (χ2v) is 5.17. The van der Waals surface area contributed by atoms with Crippen LogP contribution in [0.1, 0.15) is 20.3 Å². The third-order valence-electron chi connectivity index (χ3n) is 2.58. The van der Waals surface area contributed by atoms with Gasteiger partial charge in [-0.25, -0.2) is 4.98 Å². The van der Waals surface area contributed by atoms with Gasteiger partial charge in [-0.3, -0.25) is 4.79 Å². The van der Waals surface area contributed by atoms with Crippen LogP contribution in [0.2, 0.25) is 0 Å². The quantitative estimate of drug-likeness (QED) is 0.872. The number of nitrogens with one attached hydrogen (secondary N) is 2. The first kappa shape index (κ1) is 12.8. The number of fused-ring (bicyclic) bond motifs is 1. The van der Waals surface area contributed by atoms with Crippen molar-refractivity contribution >= 4 is 32.6 Å². The highest BCUT2D eigenvalue weighted by Crippen LogP contribution is 2.25. The first-order valence-electron chi connectivity index (χ1n) is 6.10. The number of benzene rings is 1. The number of anilines is 1. The molecular formula is C13H17N3OS. The summed E-state index contributed by atoms with van der Waals surface area (Å²) in [6.07, 6.45) is 0.944. The van der Waals surface area contributed by atoms with Gasteiger partial charge in [0.15, 0.2) is 5.13 Å². The van der Waals surface area contributed by atoms with Gasteiger partial charge in [-0.15, -0.1) is 0 Å². The Bertz CT molecular complexity index is 505. The van der Waals surface area contributed by atoms with E-state index in [1.807, 2.05) is 38.1 Å². The number of amides is 1. The van der Waals surface area contributed by atoms with E-state index in [1.165, 1.54) is 0 Å². The second kappa shape index (κ2) is 5.82. The van der Waals surface area contributed by atoms with Crippen LogP contribution >= 0.6 is 11.3 Å². The number of nitrogens with zero attached hydrogens (tertiary/aromatic N) is 1. The van der Waals surface area contributed by atoms with Crippen molar-refractivity contribution < 1.29 is 4.79 Å². The minimum Gasteiger partial charge on any atom is -0.354 e. The molecule has 1 heterocycles. The molecule has 1 atom stereocenters. The van der Waals surface area contributed by atoms with E-state index in [9.17, 15) is 4.79 Å². The smallest absolute Gasteiger partial charge is 0.242 e. The first-order chi connectivity index (χ1) is 8.70. The van der Waals surface area contributed by atoms with Crippen molar-refractivity contribution in [3.8, 4) is 0 Å². The Hall–Kier alpha value is -1.62. The molecule has 0 spiro atoms. The molecule has 0 saturated carbocycles. The van der Waals surface area contributed by atoms with Crippen molar-refractivity contribution in [3.05, 3.63) is 24.3 Å². The van der Waals surface area contributed by atoms with Gasteiger partial charge < -0.3 is 10.6 Å². The third kappa shape index (κ3) is 2.98. The zero-order valence-electron chi connectivity index (χ0n) is 10.6. The van der Waals surface area contributed by atoms with E-state index in [0.717, 1.165) is 21.8 Å². The summed E-state index contributed by atoms with van der Waals surface area (Å²) in [5.74, 6) is 0.0103. The van der Waals surface area contributed by atoms with Crippen LogP contribution in [0, 0.1) is 0 Å². The Morgan fingerprint density at radius 2 is 2.22 bits per heavy atom. The number of carbonyl (C=O) groups excluding carboxylic acids is 1. The van der Waals surface area contributed by atoms with Gasteiger partial charge in [0.05, 0.1) is 10.2 Å². The number of thiazole rings is 1. The fourth-order valence-electron chi connectivity index (χ4n) is 1.59. The number of rotatable bonds is 5. The molecule has 0 bridgehead atoms. The molecule has 4 nitrogen and oxygen atoms in total. The molecule has 2 rings (SSSR count). The van der Waals surface area contributed by atoms with Crippen LogP contribution in [0.15, 0.2) is 24.3 Å². The van der Waals surface area contributed by atoms with Crippen LogP contribution in [0.5, 0.6) is 0 Å². The maximum absolute atomic E-state index is 11.7. The van der Waals surface area contributed by atoms with Gasteiger partial charge in [0.25, 0.3) is 0 Å². The zero-order valence-corrected chi connectivity index (χ0v) is 11.4. The molecule has 0 aliphatic rings. The summed E-state index contributed by atoms with van der Waals surface area (Å²) in [4.78, 5) is 16.2. The van der Waals surface area contributed by atoms with Crippen molar-refractivity contribution in [1.82, 2.24) is 10.3 Å². The number of hydrogen-bond acceptors (Lipinski definition) is 4. The van der Waals surface area contributed by atoms with Gasteiger partial charge in [0.2, 0.25) is 5.91 Å². The number of carbonyl (C=O) groups is 1. The van der Waals surface area contributed by atoms with Gasteiger partial charge in [0.1, 0.15) is 6.04 Å². The number of hydrogen-bond donors (Lipinski definition) is 2. The van der Waals surface area contributed by atoms with Gasteiger partial charge in [0, 0.05) is 6.54 Å². The molecular weight excluding hydrogens is 246 g/mol. The average molecular weight is 263 g/mol. The normalized spacial score (nSPS) is 12.3. The van der Waals surface area contributed by atoms with Crippen molar-refractivity contribution in [2.24, 2.45) is 0 Å². The highest BCUT2D eigenvalue weighted by atomic mass is 32.1. The lowest BCUT2D eigenvalue weighted by Crippen LogP contribution is -2.37. The molecule has 1 amide bonds. The third-order valence-corrected chi connectivity index (χ3v) is 3.54.